The summed E-state index contributed by atoms with van der Waals surface area (Å²) in [5, 5.41) is 3.29. The van der Waals surface area contributed by atoms with Gasteiger partial charge in [0.2, 0.25) is 5.91 Å². The molecular formula is C24H22ClN5O3S. The molecule has 0 saturated carbocycles. The van der Waals surface area contributed by atoms with Gasteiger partial charge < -0.3 is 10.1 Å². The van der Waals surface area contributed by atoms with Crippen molar-refractivity contribution >= 4 is 46.8 Å². The SMILES string of the molecule is COc1ccc(NC(=O)C=C2SC(=NCc3cccnc3)N(Cc3cccnc3)C2=O)cc1.Cl. The second-order valence-corrected chi connectivity index (χ2v) is 8.05. The number of nitrogens with zero attached hydrogens (tertiary/aromatic N) is 4. The number of halogens is 1. The van der Waals surface area contributed by atoms with Crippen molar-refractivity contribution in [3.63, 3.8) is 0 Å². The van der Waals surface area contributed by atoms with Crippen molar-refractivity contribution < 1.29 is 14.3 Å². The van der Waals surface area contributed by atoms with E-state index in [1.165, 1.54) is 17.8 Å². The van der Waals surface area contributed by atoms with E-state index >= 15 is 0 Å². The Morgan fingerprint density at radius 3 is 2.38 bits per heavy atom. The summed E-state index contributed by atoms with van der Waals surface area (Å²) < 4.78 is 5.12. The minimum Gasteiger partial charge on any atom is -0.497 e. The number of aliphatic imine (C=N–C) groups is 1. The lowest BCUT2D eigenvalue weighted by Crippen LogP contribution is -2.29. The molecule has 0 unspecified atom stereocenters. The third-order valence-corrected chi connectivity index (χ3v) is 5.74. The monoisotopic (exact) mass is 495 g/mol. The molecule has 3 aromatic rings. The zero-order valence-corrected chi connectivity index (χ0v) is 19.9. The van der Waals surface area contributed by atoms with Gasteiger partial charge in [0.15, 0.2) is 5.17 Å². The molecule has 1 aliphatic heterocycles. The lowest BCUT2D eigenvalue weighted by molar-refractivity contribution is -0.123. The number of methoxy groups -OCH3 is 1. The topological polar surface area (TPSA) is 96.8 Å². The van der Waals surface area contributed by atoms with Gasteiger partial charge in [-0.2, -0.15) is 0 Å². The summed E-state index contributed by atoms with van der Waals surface area (Å²) in [4.78, 5) is 40.4. The third kappa shape index (κ3) is 6.43. The number of amides is 2. The standard InChI is InChI=1S/C24H21N5O3S.ClH/c1-32-20-8-6-19(7-9-20)28-22(30)12-21-23(31)29(16-18-5-3-11-26-14-18)24(33-21)27-15-17-4-2-10-25-13-17;/h2-14H,15-16H2,1H3,(H,28,30);1H. The Balaban J connectivity index is 0.00000324. The van der Waals surface area contributed by atoms with Crippen LogP contribution in [0.3, 0.4) is 0 Å². The van der Waals surface area contributed by atoms with Crippen molar-refractivity contribution in [2.45, 2.75) is 13.1 Å². The van der Waals surface area contributed by atoms with Crippen LogP contribution in [0.5, 0.6) is 5.75 Å². The Labute approximate surface area is 207 Å². The maximum atomic E-state index is 13.1. The predicted molar refractivity (Wildman–Crippen MR) is 135 cm³/mol. The summed E-state index contributed by atoms with van der Waals surface area (Å²) in [6, 6.07) is 14.4. The molecule has 0 atom stereocenters. The largest absolute Gasteiger partial charge is 0.497 e. The Kier molecular flexibility index (Phi) is 8.78. The number of thioether (sulfide) groups is 1. The van der Waals surface area contributed by atoms with Gasteiger partial charge in [0.25, 0.3) is 5.91 Å². The summed E-state index contributed by atoms with van der Waals surface area (Å²) in [7, 11) is 1.58. The van der Waals surface area contributed by atoms with Gasteiger partial charge in [-0.3, -0.25) is 29.4 Å². The Morgan fingerprint density at radius 1 is 1.09 bits per heavy atom. The van der Waals surface area contributed by atoms with E-state index in [0.29, 0.717) is 34.6 Å². The fourth-order valence-corrected chi connectivity index (χ4v) is 4.01. The number of amidine groups is 1. The number of pyridine rings is 2. The van der Waals surface area contributed by atoms with Crippen LogP contribution in [0, 0.1) is 0 Å². The van der Waals surface area contributed by atoms with Crippen LogP contribution in [-0.4, -0.2) is 39.0 Å². The molecule has 0 spiro atoms. The van der Waals surface area contributed by atoms with Crippen molar-refractivity contribution in [3.8, 4) is 5.75 Å². The van der Waals surface area contributed by atoms with Crippen LogP contribution in [0.4, 0.5) is 5.69 Å². The van der Waals surface area contributed by atoms with E-state index in [2.05, 4.69) is 20.3 Å². The Hall–Kier alpha value is -3.69. The highest BCUT2D eigenvalue weighted by molar-refractivity contribution is 8.18. The van der Waals surface area contributed by atoms with E-state index in [9.17, 15) is 9.59 Å². The number of benzene rings is 1. The fraction of sp³-hybridized carbons (Fsp3) is 0.125. The van der Waals surface area contributed by atoms with Crippen LogP contribution >= 0.6 is 24.2 Å². The minimum absolute atomic E-state index is 0. The first-order chi connectivity index (χ1) is 16.1. The molecule has 1 saturated heterocycles. The van der Waals surface area contributed by atoms with Crippen molar-refractivity contribution in [3.05, 3.63) is 95.4 Å². The molecule has 0 aliphatic carbocycles. The molecular weight excluding hydrogens is 474 g/mol. The normalized spacial score (nSPS) is 15.3. The molecule has 2 amide bonds. The summed E-state index contributed by atoms with van der Waals surface area (Å²) >= 11 is 1.18. The van der Waals surface area contributed by atoms with E-state index in [1.807, 2.05) is 24.3 Å². The maximum absolute atomic E-state index is 13.1. The third-order valence-electron chi connectivity index (χ3n) is 4.69. The number of carbonyl (C=O) groups is 2. The minimum atomic E-state index is -0.397. The van der Waals surface area contributed by atoms with Crippen LogP contribution in [0.15, 0.2) is 89.3 Å². The van der Waals surface area contributed by atoms with Crippen molar-refractivity contribution in [2.75, 3.05) is 12.4 Å². The maximum Gasteiger partial charge on any atom is 0.267 e. The first kappa shape index (κ1) is 24.9. The number of hydrogen-bond donors (Lipinski definition) is 1. The predicted octanol–water partition coefficient (Wildman–Crippen LogP) is 4.06. The number of aromatic nitrogens is 2. The fourth-order valence-electron chi connectivity index (χ4n) is 3.06. The van der Waals surface area contributed by atoms with Crippen LogP contribution < -0.4 is 10.1 Å². The lowest BCUT2D eigenvalue weighted by Gasteiger charge is -2.15. The Morgan fingerprint density at radius 2 is 1.76 bits per heavy atom. The summed E-state index contributed by atoms with van der Waals surface area (Å²) in [5.41, 5.74) is 2.39. The molecule has 3 heterocycles. The number of ether oxygens (including phenoxy) is 1. The molecule has 0 radical (unpaired) electrons. The highest BCUT2D eigenvalue weighted by Crippen LogP contribution is 2.32. The van der Waals surface area contributed by atoms with Crippen LogP contribution in [-0.2, 0) is 22.7 Å². The smallest absolute Gasteiger partial charge is 0.267 e. The van der Waals surface area contributed by atoms with E-state index in [0.717, 1.165) is 11.1 Å². The average molecular weight is 496 g/mol. The van der Waals surface area contributed by atoms with Crippen LogP contribution in [0.25, 0.3) is 0 Å². The molecule has 10 heteroatoms. The van der Waals surface area contributed by atoms with Gasteiger partial charge in [0, 0.05) is 36.6 Å². The lowest BCUT2D eigenvalue weighted by atomic mass is 10.2. The van der Waals surface area contributed by atoms with Gasteiger partial charge >= 0.3 is 0 Å². The molecule has 174 valence electrons. The quantitative estimate of drug-likeness (QED) is 0.496. The molecule has 1 aromatic carbocycles. The summed E-state index contributed by atoms with van der Waals surface area (Å²) in [6.45, 7) is 0.682. The molecule has 0 bridgehead atoms. The Bertz CT molecular complexity index is 1190. The van der Waals surface area contributed by atoms with Crippen molar-refractivity contribution in [2.24, 2.45) is 4.99 Å². The molecule has 34 heavy (non-hydrogen) atoms. The second kappa shape index (κ2) is 12.0. The van der Waals surface area contributed by atoms with Crippen molar-refractivity contribution in [1.29, 1.82) is 0 Å². The summed E-state index contributed by atoms with van der Waals surface area (Å²) in [5.74, 6) is 0.0120. The highest BCUT2D eigenvalue weighted by Gasteiger charge is 2.34. The number of hydrogen-bond acceptors (Lipinski definition) is 7. The molecule has 1 aliphatic rings. The number of carbonyl (C=O) groups excluding carboxylic acids is 2. The van der Waals surface area contributed by atoms with Crippen molar-refractivity contribution in [1.82, 2.24) is 14.9 Å². The molecule has 4 rings (SSSR count). The first-order valence-corrected chi connectivity index (χ1v) is 10.9. The molecule has 2 aromatic heterocycles. The molecule has 8 nitrogen and oxygen atoms in total. The van der Waals surface area contributed by atoms with Gasteiger partial charge in [-0.25, -0.2) is 0 Å². The first-order valence-electron chi connectivity index (χ1n) is 10.1. The van der Waals surface area contributed by atoms with E-state index in [-0.39, 0.29) is 18.3 Å². The van der Waals surface area contributed by atoms with Gasteiger partial charge in [-0.1, -0.05) is 12.1 Å². The van der Waals surface area contributed by atoms with Gasteiger partial charge in [-0.05, 0) is 59.3 Å². The summed E-state index contributed by atoms with van der Waals surface area (Å²) in [6.07, 6.45) is 8.11. The van der Waals surface area contributed by atoms with Gasteiger partial charge in [0.1, 0.15) is 5.75 Å². The van der Waals surface area contributed by atoms with Crippen LogP contribution in [0.2, 0.25) is 0 Å². The van der Waals surface area contributed by atoms with E-state index < -0.39 is 5.91 Å². The van der Waals surface area contributed by atoms with E-state index in [1.54, 1.807) is 61.1 Å². The second-order valence-electron chi connectivity index (χ2n) is 7.04. The van der Waals surface area contributed by atoms with E-state index in [4.69, 9.17) is 4.74 Å². The molecule has 1 fully saturated rings. The zero-order valence-electron chi connectivity index (χ0n) is 18.2. The van der Waals surface area contributed by atoms with Crippen LogP contribution in [0.1, 0.15) is 11.1 Å². The van der Waals surface area contributed by atoms with Gasteiger partial charge in [0.05, 0.1) is 25.1 Å². The number of nitrogens with one attached hydrogen (secondary N) is 1. The van der Waals surface area contributed by atoms with Gasteiger partial charge in [-0.15, -0.1) is 12.4 Å². The highest BCUT2D eigenvalue weighted by atomic mass is 35.5. The average Bonchev–Trinajstić information content (AvgIpc) is 3.13. The molecule has 1 N–H and O–H groups in total. The zero-order chi connectivity index (χ0) is 23.0. The number of rotatable bonds is 7. The number of anilines is 1.